The number of para-hydroxylation sites is 1. The maximum atomic E-state index is 12.6. The lowest BCUT2D eigenvalue weighted by atomic mass is 10.2. The molecule has 2 aromatic rings. The molecule has 1 aliphatic carbocycles. The van der Waals surface area contributed by atoms with E-state index in [4.69, 9.17) is 4.98 Å². The van der Waals surface area contributed by atoms with Gasteiger partial charge in [0.2, 0.25) is 0 Å². The minimum absolute atomic E-state index is 0.105. The van der Waals surface area contributed by atoms with Crippen LogP contribution in [0.5, 0.6) is 0 Å². The Kier molecular flexibility index (Phi) is 3.74. The number of carbonyl (C=O) groups is 1. The van der Waals surface area contributed by atoms with Crippen LogP contribution in [0, 0.1) is 0 Å². The fourth-order valence-electron chi connectivity index (χ4n) is 3.63. The van der Waals surface area contributed by atoms with Crippen LogP contribution in [0.2, 0.25) is 0 Å². The molecule has 2 heterocycles. The van der Waals surface area contributed by atoms with Gasteiger partial charge in [-0.05, 0) is 37.8 Å². The number of benzene rings is 1. The van der Waals surface area contributed by atoms with Gasteiger partial charge in [0.1, 0.15) is 5.01 Å². The highest BCUT2D eigenvalue weighted by Crippen LogP contribution is 2.36. The molecule has 0 radical (unpaired) electrons. The Balaban J connectivity index is 1.53. The molecule has 0 bridgehead atoms. The summed E-state index contributed by atoms with van der Waals surface area (Å²) in [6.45, 7) is 0.846. The lowest BCUT2D eigenvalue weighted by Crippen LogP contribution is -2.43. The van der Waals surface area contributed by atoms with E-state index >= 15 is 0 Å². The standard InChI is InChI=1S/C17H21N3OS/c21-17(18-12-6-1-2-7-12)20-11-5-9-14(20)16-19-13-8-3-4-10-15(13)22-16/h3-4,8,10,12,14H,1-2,5-7,9,11H2,(H,18,21). The van der Waals surface area contributed by atoms with Crippen LogP contribution in [-0.2, 0) is 0 Å². The molecule has 5 heteroatoms. The van der Waals surface area contributed by atoms with E-state index in [-0.39, 0.29) is 12.1 Å². The van der Waals surface area contributed by atoms with Crippen LogP contribution in [0.1, 0.15) is 49.6 Å². The van der Waals surface area contributed by atoms with E-state index in [1.807, 2.05) is 23.1 Å². The summed E-state index contributed by atoms with van der Waals surface area (Å²) in [7, 11) is 0. The van der Waals surface area contributed by atoms with Crippen molar-refractivity contribution in [2.75, 3.05) is 6.54 Å². The van der Waals surface area contributed by atoms with E-state index in [1.165, 1.54) is 17.5 Å². The first kappa shape index (κ1) is 14.0. The van der Waals surface area contributed by atoms with E-state index in [2.05, 4.69) is 11.4 Å². The number of amides is 2. The van der Waals surface area contributed by atoms with Gasteiger partial charge in [0.25, 0.3) is 0 Å². The van der Waals surface area contributed by atoms with Gasteiger partial charge in [-0.25, -0.2) is 9.78 Å². The first-order valence-corrected chi connectivity index (χ1v) is 9.05. The van der Waals surface area contributed by atoms with E-state index in [0.29, 0.717) is 6.04 Å². The highest BCUT2D eigenvalue weighted by Gasteiger charge is 2.33. The molecule has 1 aromatic heterocycles. The maximum absolute atomic E-state index is 12.6. The Morgan fingerprint density at radius 3 is 2.82 bits per heavy atom. The summed E-state index contributed by atoms with van der Waals surface area (Å²) in [5, 5.41) is 4.30. The number of hydrogen-bond acceptors (Lipinski definition) is 3. The van der Waals surface area contributed by atoms with E-state index in [0.717, 1.165) is 42.8 Å². The Labute approximate surface area is 134 Å². The minimum Gasteiger partial charge on any atom is -0.335 e. The molecular weight excluding hydrogens is 294 g/mol. The van der Waals surface area contributed by atoms with Crippen molar-refractivity contribution in [1.29, 1.82) is 0 Å². The Morgan fingerprint density at radius 1 is 1.18 bits per heavy atom. The normalized spacial score (nSPS) is 22.5. The fourth-order valence-corrected chi connectivity index (χ4v) is 4.74. The van der Waals surface area contributed by atoms with Crippen molar-refractivity contribution < 1.29 is 4.79 Å². The minimum atomic E-state index is 0.105. The molecule has 1 saturated carbocycles. The number of urea groups is 1. The number of aromatic nitrogens is 1. The zero-order valence-electron chi connectivity index (χ0n) is 12.6. The molecule has 4 rings (SSSR count). The van der Waals surface area contributed by atoms with Gasteiger partial charge in [-0.3, -0.25) is 0 Å². The van der Waals surface area contributed by atoms with Crippen molar-refractivity contribution in [2.45, 2.75) is 50.6 Å². The topological polar surface area (TPSA) is 45.2 Å². The molecule has 1 atom stereocenters. The summed E-state index contributed by atoms with van der Waals surface area (Å²) in [4.78, 5) is 19.3. The van der Waals surface area contributed by atoms with Gasteiger partial charge in [-0.2, -0.15) is 0 Å². The average molecular weight is 315 g/mol. The molecule has 2 fully saturated rings. The van der Waals surface area contributed by atoms with Crippen LogP contribution >= 0.6 is 11.3 Å². The lowest BCUT2D eigenvalue weighted by Gasteiger charge is -2.25. The summed E-state index contributed by atoms with van der Waals surface area (Å²) in [6.07, 6.45) is 6.84. The number of hydrogen-bond donors (Lipinski definition) is 1. The average Bonchev–Trinajstić information content (AvgIpc) is 3.26. The van der Waals surface area contributed by atoms with Gasteiger partial charge in [-0.1, -0.05) is 25.0 Å². The van der Waals surface area contributed by atoms with Gasteiger partial charge >= 0.3 is 6.03 Å². The van der Waals surface area contributed by atoms with Gasteiger partial charge in [0.15, 0.2) is 0 Å². The second kappa shape index (κ2) is 5.88. The largest absolute Gasteiger partial charge is 0.335 e. The number of likely N-dealkylation sites (tertiary alicyclic amines) is 1. The third kappa shape index (κ3) is 2.58. The van der Waals surface area contributed by atoms with E-state index < -0.39 is 0 Å². The predicted molar refractivity (Wildman–Crippen MR) is 89.1 cm³/mol. The number of nitrogens with zero attached hydrogens (tertiary/aromatic N) is 2. The molecule has 2 aliphatic rings. The predicted octanol–water partition coefficient (Wildman–Crippen LogP) is 4.09. The van der Waals surface area contributed by atoms with Crippen LogP contribution in [0.3, 0.4) is 0 Å². The molecule has 116 valence electrons. The third-order valence-electron chi connectivity index (χ3n) is 4.79. The molecule has 1 saturated heterocycles. The highest BCUT2D eigenvalue weighted by molar-refractivity contribution is 7.18. The first-order chi connectivity index (χ1) is 10.8. The van der Waals surface area contributed by atoms with Crippen LogP contribution in [0.4, 0.5) is 4.79 Å². The summed E-state index contributed by atoms with van der Waals surface area (Å²) in [5.41, 5.74) is 1.05. The molecule has 22 heavy (non-hydrogen) atoms. The van der Waals surface area contributed by atoms with E-state index in [9.17, 15) is 4.79 Å². The number of thiazole rings is 1. The zero-order valence-corrected chi connectivity index (χ0v) is 13.4. The van der Waals surface area contributed by atoms with Crippen molar-refractivity contribution >= 4 is 27.6 Å². The van der Waals surface area contributed by atoms with Gasteiger partial charge in [-0.15, -0.1) is 11.3 Å². The van der Waals surface area contributed by atoms with E-state index in [1.54, 1.807) is 11.3 Å². The Hall–Kier alpha value is -1.62. The zero-order chi connectivity index (χ0) is 14.9. The molecule has 0 spiro atoms. The van der Waals surface area contributed by atoms with Crippen molar-refractivity contribution in [3.05, 3.63) is 29.3 Å². The quantitative estimate of drug-likeness (QED) is 0.907. The number of fused-ring (bicyclic) bond motifs is 1. The summed E-state index contributed by atoms with van der Waals surface area (Å²) < 4.78 is 1.21. The number of rotatable bonds is 2. The molecule has 1 unspecified atom stereocenters. The number of nitrogens with one attached hydrogen (secondary N) is 1. The molecule has 2 amide bonds. The lowest BCUT2D eigenvalue weighted by molar-refractivity contribution is 0.189. The SMILES string of the molecule is O=C(NC1CCCC1)N1CCCC1c1nc2ccccc2s1. The molecule has 4 nitrogen and oxygen atoms in total. The van der Waals surface area contributed by atoms with Crippen LogP contribution < -0.4 is 5.32 Å². The Morgan fingerprint density at radius 2 is 2.00 bits per heavy atom. The van der Waals surface area contributed by atoms with Gasteiger partial charge in [0, 0.05) is 12.6 Å². The molecular formula is C17H21N3OS. The fraction of sp³-hybridized carbons (Fsp3) is 0.529. The summed E-state index contributed by atoms with van der Waals surface area (Å²) in [5.74, 6) is 0. The summed E-state index contributed by atoms with van der Waals surface area (Å²) in [6, 6.07) is 8.85. The smallest absolute Gasteiger partial charge is 0.318 e. The third-order valence-corrected chi connectivity index (χ3v) is 5.93. The highest BCUT2D eigenvalue weighted by atomic mass is 32.1. The monoisotopic (exact) mass is 315 g/mol. The van der Waals surface area contributed by atoms with Crippen LogP contribution in [0.15, 0.2) is 24.3 Å². The number of carbonyl (C=O) groups excluding carboxylic acids is 1. The molecule has 1 N–H and O–H groups in total. The van der Waals surface area contributed by atoms with Crippen molar-refractivity contribution in [3.8, 4) is 0 Å². The van der Waals surface area contributed by atoms with Crippen LogP contribution in [-0.4, -0.2) is 28.5 Å². The first-order valence-electron chi connectivity index (χ1n) is 8.24. The van der Waals surface area contributed by atoms with Crippen molar-refractivity contribution in [1.82, 2.24) is 15.2 Å². The second-order valence-corrected chi connectivity index (χ2v) is 7.36. The van der Waals surface area contributed by atoms with Crippen molar-refractivity contribution in [2.24, 2.45) is 0 Å². The van der Waals surface area contributed by atoms with Crippen LogP contribution in [0.25, 0.3) is 10.2 Å². The molecule has 1 aromatic carbocycles. The molecule has 1 aliphatic heterocycles. The second-order valence-electron chi connectivity index (χ2n) is 6.30. The van der Waals surface area contributed by atoms with Gasteiger partial charge in [0.05, 0.1) is 16.3 Å². The maximum Gasteiger partial charge on any atom is 0.318 e. The van der Waals surface area contributed by atoms with Gasteiger partial charge < -0.3 is 10.2 Å². The Bertz CT molecular complexity index is 644. The van der Waals surface area contributed by atoms with Crippen molar-refractivity contribution in [3.63, 3.8) is 0 Å². The summed E-state index contributed by atoms with van der Waals surface area (Å²) >= 11 is 1.73.